The lowest BCUT2D eigenvalue weighted by Crippen LogP contribution is -2.16. The van der Waals surface area contributed by atoms with Crippen LogP contribution < -0.4 is 5.32 Å². The molecule has 0 amide bonds. The second kappa shape index (κ2) is 7.02. The molecule has 1 aromatic carbocycles. The first-order valence-corrected chi connectivity index (χ1v) is 7.25. The number of halogens is 2. The minimum atomic E-state index is 0.601. The second-order valence-electron chi connectivity index (χ2n) is 4.91. The van der Waals surface area contributed by atoms with Gasteiger partial charge in [0.05, 0.1) is 0 Å². The first-order chi connectivity index (χ1) is 9.54. The van der Waals surface area contributed by atoms with Crippen LogP contribution in [0, 0.1) is 0 Å². The highest BCUT2D eigenvalue weighted by Crippen LogP contribution is 2.29. The molecule has 1 N–H and O–H groups in total. The lowest BCUT2D eigenvalue weighted by Gasteiger charge is -2.09. The molecule has 0 spiro atoms. The van der Waals surface area contributed by atoms with Gasteiger partial charge in [0.25, 0.3) is 0 Å². The van der Waals surface area contributed by atoms with Crippen LogP contribution in [0.15, 0.2) is 34.7 Å². The largest absolute Gasteiger partial charge is 0.441 e. The Morgan fingerprint density at radius 2 is 1.80 bits per heavy atom. The average Bonchev–Trinajstić information content (AvgIpc) is 2.82. The van der Waals surface area contributed by atoms with Gasteiger partial charge in [-0.2, -0.15) is 0 Å². The number of nitrogens with one attached hydrogen (secondary N) is 1. The van der Waals surface area contributed by atoms with Crippen LogP contribution in [0.3, 0.4) is 0 Å². The molecule has 20 heavy (non-hydrogen) atoms. The molecule has 0 unspecified atom stereocenters. The smallest absolute Gasteiger partial charge is 0.193 e. The van der Waals surface area contributed by atoms with Crippen LogP contribution in [0.25, 0.3) is 11.3 Å². The van der Waals surface area contributed by atoms with Crippen LogP contribution in [0.4, 0.5) is 5.88 Å². The van der Waals surface area contributed by atoms with Crippen molar-refractivity contribution in [2.75, 3.05) is 32.5 Å². The summed E-state index contributed by atoms with van der Waals surface area (Å²) in [5.74, 6) is 1.51. The van der Waals surface area contributed by atoms with Gasteiger partial charge in [-0.15, -0.1) is 0 Å². The van der Waals surface area contributed by atoms with E-state index >= 15 is 0 Å². The highest BCUT2D eigenvalue weighted by molar-refractivity contribution is 6.35. The van der Waals surface area contributed by atoms with E-state index < -0.39 is 0 Å². The molecule has 5 heteroatoms. The average molecular weight is 313 g/mol. The van der Waals surface area contributed by atoms with E-state index in [-0.39, 0.29) is 0 Å². The van der Waals surface area contributed by atoms with Crippen LogP contribution in [-0.4, -0.2) is 32.1 Å². The van der Waals surface area contributed by atoms with Crippen molar-refractivity contribution < 1.29 is 4.42 Å². The van der Waals surface area contributed by atoms with Crippen LogP contribution in [0.5, 0.6) is 0 Å². The Balaban J connectivity index is 1.98. The molecule has 0 saturated heterocycles. The molecular formula is C15H18Cl2N2O. The quantitative estimate of drug-likeness (QED) is 0.789. The standard InChI is InChI=1S/C15H18Cl2N2O/c1-19(2)7-3-6-18-15-5-4-14(20-15)11-8-12(16)10-13(17)9-11/h4-5,8-10,18H,3,6-7H2,1-2H3. The molecule has 0 saturated carbocycles. The summed E-state index contributed by atoms with van der Waals surface area (Å²) in [7, 11) is 4.13. The zero-order chi connectivity index (χ0) is 14.5. The fraction of sp³-hybridized carbons (Fsp3) is 0.333. The monoisotopic (exact) mass is 312 g/mol. The molecule has 3 nitrogen and oxygen atoms in total. The molecule has 0 radical (unpaired) electrons. The van der Waals surface area contributed by atoms with Crippen LogP contribution in [0.2, 0.25) is 10.0 Å². The lowest BCUT2D eigenvalue weighted by atomic mass is 10.2. The van der Waals surface area contributed by atoms with Gasteiger partial charge in [0.15, 0.2) is 5.88 Å². The summed E-state index contributed by atoms with van der Waals surface area (Å²) in [6, 6.07) is 9.20. The minimum Gasteiger partial charge on any atom is -0.441 e. The van der Waals surface area contributed by atoms with Gasteiger partial charge in [0, 0.05) is 28.2 Å². The summed E-state index contributed by atoms with van der Waals surface area (Å²) in [4.78, 5) is 2.16. The van der Waals surface area contributed by atoms with Crippen LogP contribution in [0.1, 0.15) is 6.42 Å². The first kappa shape index (κ1) is 15.2. The molecule has 0 aliphatic rings. The maximum absolute atomic E-state index is 5.99. The number of furan rings is 1. The van der Waals surface area contributed by atoms with E-state index in [9.17, 15) is 0 Å². The van der Waals surface area contributed by atoms with Crippen molar-refractivity contribution >= 4 is 29.1 Å². The van der Waals surface area contributed by atoms with E-state index in [1.807, 2.05) is 24.3 Å². The number of nitrogens with zero attached hydrogens (tertiary/aromatic N) is 1. The van der Waals surface area contributed by atoms with Gasteiger partial charge in [-0.25, -0.2) is 0 Å². The molecule has 0 aliphatic carbocycles. The van der Waals surface area contributed by atoms with Crippen molar-refractivity contribution in [2.45, 2.75) is 6.42 Å². The maximum Gasteiger partial charge on any atom is 0.193 e. The van der Waals surface area contributed by atoms with E-state index in [2.05, 4.69) is 24.3 Å². The lowest BCUT2D eigenvalue weighted by molar-refractivity contribution is 0.404. The third kappa shape index (κ3) is 4.44. The number of rotatable bonds is 6. The van der Waals surface area contributed by atoms with Crippen LogP contribution >= 0.6 is 23.2 Å². The van der Waals surface area contributed by atoms with E-state index in [0.717, 1.165) is 36.7 Å². The van der Waals surface area contributed by atoms with Crippen molar-refractivity contribution in [3.8, 4) is 11.3 Å². The van der Waals surface area contributed by atoms with Crippen LogP contribution in [-0.2, 0) is 0 Å². The molecule has 2 rings (SSSR count). The Hall–Kier alpha value is -1.16. The number of hydrogen-bond donors (Lipinski definition) is 1. The Morgan fingerprint density at radius 1 is 1.10 bits per heavy atom. The van der Waals surface area contributed by atoms with Crippen molar-refractivity contribution in [2.24, 2.45) is 0 Å². The van der Waals surface area contributed by atoms with Gasteiger partial charge in [-0.05, 0) is 51.3 Å². The van der Waals surface area contributed by atoms with Gasteiger partial charge < -0.3 is 14.6 Å². The molecule has 0 bridgehead atoms. The van der Waals surface area contributed by atoms with Gasteiger partial charge in [0.2, 0.25) is 0 Å². The Morgan fingerprint density at radius 3 is 2.45 bits per heavy atom. The van der Waals surface area contributed by atoms with E-state index in [1.54, 1.807) is 6.07 Å². The molecule has 108 valence electrons. The summed E-state index contributed by atoms with van der Waals surface area (Å²) in [5.41, 5.74) is 0.879. The molecular weight excluding hydrogens is 295 g/mol. The molecule has 1 heterocycles. The zero-order valence-corrected chi connectivity index (χ0v) is 13.1. The third-order valence-corrected chi connectivity index (χ3v) is 3.27. The summed E-state index contributed by atoms with van der Waals surface area (Å²) in [5, 5.41) is 4.46. The van der Waals surface area contributed by atoms with E-state index in [1.165, 1.54) is 0 Å². The highest BCUT2D eigenvalue weighted by Gasteiger charge is 2.06. The fourth-order valence-electron chi connectivity index (χ4n) is 1.89. The molecule has 0 fully saturated rings. The highest BCUT2D eigenvalue weighted by atomic mass is 35.5. The summed E-state index contributed by atoms with van der Waals surface area (Å²) in [6.45, 7) is 1.92. The number of hydrogen-bond acceptors (Lipinski definition) is 3. The van der Waals surface area contributed by atoms with Crippen molar-refractivity contribution in [3.05, 3.63) is 40.4 Å². The fourth-order valence-corrected chi connectivity index (χ4v) is 2.42. The van der Waals surface area contributed by atoms with Gasteiger partial charge >= 0.3 is 0 Å². The van der Waals surface area contributed by atoms with E-state index in [0.29, 0.717) is 10.0 Å². The predicted molar refractivity (Wildman–Crippen MR) is 85.8 cm³/mol. The summed E-state index contributed by atoms with van der Waals surface area (Å²) in [6.07, 6.45) is 1.06. The summed E-state index contributed by atoms with van der Waals surface area (Å²) >= 11 is 12.0. The SMILES string of the molecule is CN(C)CCCNc1ccc(-c2cc(Cl)cc(Cl)c2)o1. The number of anilines is 1. The molecule has 2 aromatic rings. The Labute approximate surface area is 129 Å². The van der Waals surface area contributed by atoms with Gasteiger partial charge in [-0.3, -0.25) is 0 Å². The number of benzene rings is 1. The van der Waals surface area contributed by atoms with Crippen molar-refractivity contribution in [1.29, 1.82) is 0 Å². The zero-order valence-electron chi connectivity index (χ0n) is 11.6. The van der Waals surface area contributed by atoms with Gasteiger partial charge in [0.1, 0.15) is 5.76 Å². The topological polar surface area (TPSA) is 28.4 Å². The second-order valence-corrected chi connectivity index (χ2v) is 5.78. The first-order valence-electron chi connectivity index (χ1n) is 6.49. The van der Waals surface area contributed by atoms with Gasteiger partial charge in [-0.1, -0.05) is 23.2 Å². The molecule has 0 aliphatic heterocycles. The molecule has 0 atom stereocenters. The Bertz CT molecular complexity index is 547. The van der Waals surface area contributed by atoms with Crippen molar-refractivity contribution in [3.63, 3.8) is 0 Å². The molecule has 1 aromatic heterocycles. The summed E-state index contributed by atoms with van der Waals surface area (Å²) < 4.78 is 5.74. The van der Waals surface area contributed by atoms with Crippen molar-refractivity contribution in [1.82, 2.24) is 4.90 Å². The Kier molecular flexibility index (Phi) is 5.35. The van der Waals surface area contributed by atoms with E-state index in [4.69, 9.17) is 27.6 Å². The normalized spacial score (nSPS) is 11.1. The third-order valence-electron chi connectivity index (χ3n) is 2.83. The minimum absolute atomic E-state index is 0.601. The maximum atomic E-state index is 5.99. The predicted octanol–water partition coefficient (Wildman–Crippen LogP) is 4.62.